The van der Waals surface area contributed by atoms with Crippen LogP contribution in [-0.2, 0) is 10.0 Å². The van der Waals surface area contributed by atoms with Gasteiger partial charge in [-0.15, -0.1) is 0 Å². The van der Waals surface area contributed by atoms with Gasteiger partial charge in [0, 0.05) is 0 Å². The Morgan fingerprint density at radius 3 is 2.71 bits per heavy atom. The normalized spacial score (nSPS) is 11.1. The molecule has 0 aromatic rings. The Bertz CT molecular complexity index is 329. The van der Waals surface area contributed by atoms with E-state index in [4.69, 9.17) is 13.1 Å². The first-order valence-electron chi connectivity index (χ1n) is 3.55. The summed E-state index contributed by atoms with van der Waals surface area (Å²) in [6.07, 6.45) is 0.251. The van der Waals surface area contributed by atoms with Crippen molar-refractivity contribution in [3.63, 3.8) is 0 Å². The van der Waals surface area contributed by atoms with Crippen LogP contribution in [0.5, 0.6) is 0 Å². The van der Waals surface area contributed by atoms with Gasteiger partial charge in [0.1, 0.15) is 0 Å². The second-order valence-corrected chi connectivity index (χ2v) is 4.95. The zero-order chi connectivity index (χ0) is 11.0. The summed E-state index contributed by atoms with van der Waals surface area (Å²) >= 11 is 1.05. The molecular weight excluding hydrogens is 224 g/mol. The Hall–Kier alpha value is -0.500. The third kappa shape index (κ3) is 6.96. The van der Waals surface area contributed by atoms with Crippen LogP contribution in [0.15, 0.2) is 9.48 Å². The molecule has 14 heavy (non-hydrogen) atoms. The van der Waals surface area contributed by atoms with Gasteiger partial charge in [-0.05, 0) is 0 Å². The van der Waals surface area contributed by atoms with Crippen molar-refractivity contribution in [2.24, 2.45) is 9.48 Å². The van der Waals surface area contributed by atoms with Crippen molar-refractivity contribution in [2.75, 3.05) is 11.5 Å². The molecule has 0 spiro atoms. The summed E-state index contributed by atoms with van der Waals surface area (Å²) in [5.74, 6) is 0.0774. The Morgan fingerprint density at radius 1 is 1.57 bits per heavy atom. The maximum atomic E-state index is 10.6. The molecule has 0 aliphatic rings. The van der Waals surface area contributed by atoms with Crippen molar-refractivity contribution in [3.05, 3.63) is 4.91 Å². The first kappa shape index (κ1) is 13.5. The fourth-order valence-corrected chi connectivity index (χ4v) is 1.94. The van der Waals surface area contributed by atoms with Gasteiger partial charge in [0.15, 0.2) is 0 Å². The summed E-state index contributed by atoms with van der Waals surface area (Å²) in [4.78, 5) is 13.2. The number of nitroso groups, excluding NO2 is 1. The molecule has 0 saturated carbocycles. The summed E-state index contributed by atoms with van der Waals surface area (Å²) < 4.78 is 23.1. The quantitative estimate of drug-likeness (QED) is 0.238. The molecule has 0 atom stereocenters. The fourth-order valence-electron chi connectivity index (χ4n) is 0.552. The molecule has 0 aromatic carbocycles. The van der Waals surface area contributed by atoms with Crippen LogP contribution in [-0.4, -0.2) is 39.8 Å². The molecule has 2 radical (unpaired) electrons. The molecule has 0 aliphatic heterocycles. The molecule has 0 aromatic heterocycles. The van der Waals surface area contributed by atoms with Crippen molar-refractivity contribution in [3.8, 4) is 0 Å². The number of rotatable bonds is 5. The van der Waals surface area contributed by atoms with Crippen LogP contribution in [0.2, 0.25) is 0 Å². The molecular formula is C4H7B2N3O3S2. The van der Waals surface area contributed by atoms with E-state index in [1.165, 1.54) is 0 Å². The summed E-state index contributed by atoms with van der Waals surface area (Å²) in [6.45, 7) is 0.985. The Morgan fingerprint density at radius 2 is 2.21 bits per heavy atom. The molecule has 0 fully saturated rings. The van der Waals surface area contributed by atoms with Crippen LogP contribution in [0.4, 0.5) is 0 Å². The predicted octanol–water partition coefficient (Wildman–Crippen LogP) is 0.112. The van der Waals surface area contributed by atoms with Crippen LogP contribution in [0, 0.1) is 10.3 Å². The van der Waals surface area contributed by atoms with Crippen molar-refractivity contribution in [1.82, 2.24) is 0 Å². The number of nitrogens with one attached hydrogen (secondary N) is 1. The van der Waals surface area contributed by atoms with Gasteiger partial charge in [-0.3, -0.25) is 0 Å². The van der Waals surface area contributed by atoms with E-state index in [2.05, 4.69) is 4.90 Å². The van der Waals surface area contributed by atoms with Gasteiger partial charge >= 0.3 is 87.8 Å². The van der Waals surface area contributed by atoms with Gasteiger partial charge in [-0.2, -0.15) is 0 Å². The van der Waals surface area contributed by atoms with Gasteiger partial charge < -0.3 is 0 Å². The molecule has 0 bridgehead atoms. The van der Waals surface area contributed by atoms with Crippen LogP contribution < -0.4 is 0 Å². The van der Waals surface area contributed by atoms with Gasteiger partial charge in [0.05, 0.1) is 0 Å². The molecule has 74 valence electrons. The SMILES string of the molecule is [B]B=NC(=N)SCCCS(=O)(=O)N=O. The van der Waals surface area contributed by atoms with E-state index < -0.39 is 10.0 Å². The number of hydrogen-bond donors (Lipinski definition) is 1. The summed E-state index contributed by atoms with van der Waals surface area (Å²) in [5, 5.41) is 7.12. The Labute approximate surface area is 88.1 Å². The fraction of sp³-hybridized carbons (Fsp3) is 0.750. The monoisotopic (exact) mass is 231 g/mol. The third-order valence-corrected chi connectivity index (χ3v) is 2.99. The molecule has 0 saturated heterocycles. The van der Waals surface area contributed by atoms with Crippen LogP contribution in [0.1, 0.15) is 6.42 Å². The number of thioether (sulfide) groups is 1. The van der Waals surface area contributed by atoms with E-state index >= 15 is 0 Å². The van der Waals surface area contributed by atoms with Crippen molar-refractivity contribution < 1.29 is 8.42 Å². The minimum absolute atomic E-state index is 0.00367. The predicted molar refractivity (Wildman–Crippen MR) is 58.3 cm³/mol. The summed E-state index contributed by atoms with van der Waals surface area (Å²) in [6, 6.07) is 0. The van der Waals surface area contributed by atoms with E-state index in [1.54, 1.807) is 0 Å². The number of nitrogens with zero attached hydrogens (tertiary/aromatic N) is 2. The average Bonchev–Trinajstić information content (AvgIpc) is 2.13. The van der Waals surface area contributed by atoms with Gasteiger partial charge in [0.2, 0.25) is 0 Å². The Kier molecular flexibility index (Phi) is 6.63. The number of hydrogen-bond acceptors (Lipinski definition) is 5. The molecule has 0 unspecified atom stereocenters. The molecule has 1 N–H and O–H groups in total. The zero-order valence-corrected chi connectivity index (χ0v) is 8.84. The number of amidine groups is 1. The maximum absolute atomic E-state index is 10.6. The van der Waals surface area contributed by atoms with Crippen molar-refractivity contribution >= 4 is 41.7 Å². The van der Waals surface area contributed by atoms with Gasteiger partial charge in [-0.25, -0.2) is 0 Å². The van der Waals surface area contributed by atoms with Crippen LogP contribution >= 0.6 is 11.8 Å². The van der Waals surface area contributed by atoms with E-state index in [0.29, 0.717) is 5.75 Å². The van der Waals surface area contributed by atoms with E-state index in [0.717, 1.165) is 18.7 Å². The van der Waals surface area contributed by atoms with E-state index in [-0.39, 0.29) is 17.3 Å². The number of sulfonamides is 1. The standard InChI is InChI=1S/C4H7B2N3O3S2/c5-6-8-4(7)13-2-1-3-14(11,12)9-10/h7H,1-3H2. The molecule has 6 nitrogen and oxygen atoms in total. The third-order valence-electron chi connectivity index (χ3n) is 1.09. The molecule has 0 rings (SSSR count). The van der Waals surface area contributed by atoms with Crippen LogP contribution in [0.25, 0.3) is 0 Å². The minimum atomic E-state index is -3.81. The first-order chi connectivity index (χ1) is 6.52. The van der Waals surface area contributed by atoms with Crippen LogP contribution in [0.3, 0.4) is 0 Å². The Balaban J connectivity index is 3.67. The first-order valence-corrected chi connectivity index (χ1v) is 6.14. The van der Waals surface area contributed by atoms with E-state index in [9.17, 15) is 13.3 Å². The summed E-state index contributed by atoms with van der Waals surface area (Å²) in [7, 11) is 1.12. The van der Waals surface area contributed by atoms with Crippen molar-refractivity contribution in [2.45, 2.75) is 6.42 Å². The molecule has 0 amide bonds. The topological polar surface area (TPSA) is 99.8 Å². The molecule has 10 heteroatoms. The average molecular weight is 231 g/mol. The van der Waals surface area contributed by atoms with Gasteiger partial charge in [-0.1, -0.05) is 0 Å². The van der Waals surface area contributed by atoms with Gasteiger partial charge in [0.25, 0.3) is 0 Å². The molecule has 0 aliphatic carbocycles. The van der Waals surface area contributed by atoms with E-state index in [1.807, 2.05) is 4.58 Å². The van der Waals surface area contributed by atoms with Crippen molar-refractivity contribution in [1.29, 1.82) is 5.41 Å². The second kappa shape index (κ2) is 6.88. The zero-order valence-electron chi connectivity index (χ0n) is 7.21. The summed E-state index contributed by atoms with van der Waals surface area (Å²) in [5.41, 5.74) is 0. The molecule has 0 heterocycles. The second-order valence-electron chi connectivity index (χ2n) is 2.15.